The zero-order valence-electron chi connectivity index (χ0n) is 22.7. The molecule has 1 unspecified atom stereocenters. The van der Waals surface area contributed by atoms with E-state index in [1.54, 1.807) is 45.9 Å². The summed E-state index contributed by atoms with van der Waals surface area (Å²) in [7, 11) is -2.17. The highest BCUT2D eigenvalue weighted by molar-refractivity contribution is 6.74. The molecule has 194 valence electrons. The Bertz CT molecular complexity index is 969. The van der Waals surface area contributed by atoms with Gasteiger partial charge in [0.2, 0.25) is 0 Å². The molecule has 1 N–H and O–H groups in total. The molecular weight excluding hydrogens is 461 g/mol. The molecule has 7 heteroatoms. The van der Waals surface area contributed by atoms with Crippen LogP contribution in [-0.2, 0) is 26.0 Å². The molecule has 0 aromatic heterocycles. The Morgan fingerprint density at radius 2 is 1.51 bits per heavy atom. The highest BCUT2D eigenvalue weighted by atomic mass is 28.4. The Hall–Kier alpha value is -2.22. The average molecular weight is 504 g/mol. The smallest absolute Gasteiger partial charge is 0.408 e. The van der Waals surface area contributed by atoms with Crippen LogP contribution in [0, 0.1) is 5.82 Å². The van der Waals surface area contributed by atoms with Crippen LogP contribution in [-0.4, -0.2) is 32.7 Å². The van der Waals surface area contributed by atoms with Gasteiger partial charge < -0.3 is 19.2 Å². The highest BCUT2D eigenvalue weighted by Gasteiger charge is 2.44. The molecule has 0 spiro atoms. The van der Waals surface area contributed by atoms with Crippen molar-refractivity contribution in [2.24, 2.45) is 0 Å². The third-order valence-electron chi connectivity index (χ3n) is 6.53. The largest absolute Gasteiger partial charge is 0.444 e. The van der Waals surface area contributed by atoms with Gasteiger partial charge in [-0.05, 0) is 57.5 Å². The van der Waals surface area contributed by atoms with Crippen LogP contribution in [0.15, 0.2) is 54.6 Å². The number of hydrogen-bond donors (Lipinski definition) is 1. The van der Waals surface area contributed by atoms with E-state index >= 15 is 4.39 Å². The maximum absolute atomic E-state index is 15.2. The average Bonchev–Trinajstić information content (AvgIpc) is 2.72. The van der Waals surface area contributed by atoms with E-state index in [0.29, 0.717) is 5.56 Å². The standard InChI is InChI=1S/C28H42FNO4Si/c1-26(2,3)34-25(31)30-28(7,22-17-13-14-18-23(22)29)24(20-33-35(8,9)27(4,5)6)32-19-21-15-11-10-12-16-21/h10-18,24H,19-20H2,1-9H3,(H,30,31)/t24?,28-/m1/s1. The maximum Gasteiger partial charge on any atom is 0.408 e. The number of benzene rings is 2. The Balaban J connectivity index is 2.49. The van der Waals surface area contributed by atoms with Gasteiger partial charge in [0, 0.05) is 5.56 Å². The first kappa shape index (κ1) is 29.0. The lowest BCUT2D eigenvalue weighted by Crippen LogP contribution is -2.57. The number of alkyl carbamates (subject to hydrolysis) is 1. The van der Waals surface area contributed by atoms with Crippen LogP contribution in [0.1, 0.15) is 59.6 Å². The second-order valence-corrected chi connectivity index (χ2v) is 16.5. The number of halogens is 1. The first-order chi connectivity index (χ1) is 16.1. The van der Waals surface area contributed by atoms with Crippen LogP contribution in [0.25, 0.3) is 0 Å². The Labute approximate surface area is 211 Å². The summed E-state index contributed by atoms with van der Waals surface area (Å²) in [6, 6.07) is 16.2. The topological polar surface area (TPSA) is 56.8 Å². The summed E-state index contributed by atoms with van der Waals surface area (Å²) in [5, 5.41) is 2.90. The molecule has 0 aliphatic rings. The molecule has 1 amide bonds. The van der Waals surface area contributed by atoms with Gasteiger partial charge in [-0.2, -0.15) is 0 Å². The van der Waals surface area contributed by atoms with E-state index in [4.69, 9.17) is 13.9 Å². The molecule has 2 atom stereocenters. The predicted octanol–water partition coefficient (Wildman–Crippen LogP) is 7.17. The van der Waals surface area contributed by atoms with Crippen LogP contribution >= 0.6 is 0 Å². The first-order valence-corrected chi connectivity index (χ1v) is 15.0. The van der Waals surface area contributed by atoms with Crippen molar-refractivity contribution in [1.82, 2.24) is 5.32 Å². The maximum atomic E-state index is 15.2. The van der Waals surface area contributed by atoms with Gasteiger partial charge in [-0.3, -0.25) is 0 Å². The van der Waals surface area contributed by atoms with E-state index in [0.717, 1.165) is 5.56 Å². The quantitative estimate of drug-likeness (QED) is 0.369. The van der Waals surface area contributed by atoms with Crippen LogP contribution in [0.4, 0.5) is 9.18 Å². The molecule has 0 aliphatic heterocycles. The molecule has 0 radical (unpaired) electrons. The van der Waals surface area contributed by atoms with Crippen molar-refractivity contribution in [1.29, 1.82) is 0 Å². The second kappa shape index (κ2) is 11.2. The molecule has 0 fully saturated rings. The minimum Gasteiger partial charge on any atom is -0.444 e. The van der Waals surface area contributed by atoms with E-state index in [1.807, 2.05) is 30.3 Å². The summed E-state index contributed by atoms with van der Waals surface area (Å²) in [6.07, 6.45) is -1.34. The zero-order chi connectivity index (χ0) is 26.5. The number of amides is 1. The molecule has 2 aromatic carbocycles. The summed E-state index contributed by atoms with van der Waals surface area (Å²) in [5.41, 5.74) is -0.691. The summed E-state index contributed by atoms with van der Waals surface area (Å²) >= 11 is 0. The zero-order valence-corrected chi connectivity index (χ0v) is 23.7. The third kappa shape index (κ3) is 8.16. The first-order valence-electron chi connectivity index (χ1n) is 12.1. The van der Waals surface area contributed by atoms with Crippen molar-refractivity contribution in [2.45, 2.75) is 90.4 Å². The molecule has 0 heterocycles. The molecule has 2 aromatic rings. The monoisotopic (exact) mass is 503 g/mol. The number of hydrogen-bond acceptors (Lipinski definition) is 4. The van der Waals surface area contributed by atoms with Gasteiger partial charge in [0.05, 0.1) is 18.8 Å². The van der Waals surface area contributed by atoms with Gasteiger partial charge in [-0.1, -0.05) is 69.3 Å². The Kier molecular flexibility index (Phi) is 9.31. The van der Waals surface area contributed by atoms with Gasteiger partial charge in [-0.25, -0.2) is 9.18 Å². The number of carbonyl (C=O) groups is 1. The molecule has 0 aliphatic carbocycles. The fourth-order valence-electron chi connectivity index (χ4n) is 3.37. The lowest BCUT2D eigenvalue weighted by molar-refractivity contribution is -0.0529. The van der Waals surface area contributed by atoms with Crippen molar-refractivity contribution in [3.63, 3.8) is 0 Å². The number of nitrogens with one attached hydrogen (secondary N) is 1. The lowest BCUT2D eigenvalue weighted by atomic mass is 9.86. The van der Waals surface area contributed by atoms with Crippen molar-refractivity contribution < 1.29 is 23.1 Å². The van der Waals surface area contributed by atoms with Crippen LogP contribution < -0.4 is 5.32 Å². The predicted molar refractivity (Wildman–Crippen MR) is 141 cm³/mol. The molecule has 0 saturated carbocycles. The van der Waals surface area contributed by atoms with Crippen LogP contribution in [0.2, 0.25) is 18.1 Å². The van der Waals surface area contributed by atoms with E-state index in [-0.39, 0.29) is 18.3 Å². The molecule has 0 bridgehead atoms. The number of rotatable bonds is 9. The van der Waals surface area contributed by atoms with E-state index < -0.39 is 37.5 Å². The van der Waals surface area contributed by atoms with E-state index in [1.165, 1.54) is 6.07 Å². The summed E-state index contributed by atoms with van der Waals surface area (Å²) < 4.78 is 33.7. The summed E-state index contributed by atoms with van der Waals surface area (Å²) in [5.74, 6) is -0.438. The van der Waals surface area contributed by atoms with Gasteiger partial charge in [0.25, 0.3) is 0 Å². The Morgan fingerprint density at radius 3 is 2.06 bits per heavy atom. The fraction of sp³-hybridized carbons (Fsp3) is 0.536. The van der Waals surface area contributed by atoms with Gasteiger partial charge in [-0.15, -0.1) is 0 Å². The van der Waals surface area contributed by atoms with Crippen molar-refractivity contribution in [3.05, 3.63) is 71.5 Å². The van der Waals surface area contributed by atoms with Crippen LogP contribution in [0.5, 0.6) is 0 Å². The van der Waals surface area contributed by atoms with Gasteiger partial charge in [0.1, 0.15) is 17.5 Å². The van der Waals surface area contributed by atoms with Gasteiger partial charge >= 0.3 is 6.09 Å². The summed E-state index contributed by atoms with van der Waals surface area (Å²) in [4.78, 5) is 13.0. The van der Waals surface area contributed by atoms with Crippen molar-refractivity contribution >= 4 is 14.4 Å². The van der Waals surface area contributed by atoms with Gasteiger partial charge in [0.15, 0.2) is 8.32 Å². The fourth-order valence-corrected chi connectivity index (χ4v) is 4.37. The molecule has 5 nitrogen and oxygen atoms in total. The molecule has 0 saturated heterocycles. The van der Waals surface area contributed by atoms with Crippen molar-refractivity contribution in [3.8, 4) is 0 Å². The number of ether oxygens (including phenoxy) is 2. The third-order valence-corrected chi connectivity index (χ3v) is 11.0. The van der Waals surface area contributed by atoms with E-state index in [2.05, 4.69) is 39.2 Å². The normalized spacial score (nSPS) is 15.3. The SMILES string of the molecule is CC(C)(C)OC(=O)N[C@](C)(c1ccccc1F)C(CO[Si](C)(C)C(C)(C)C)OCc1ccccc1. The molecule has 35 heavy (non-hydrogen) atoms. The minimum absolute atomic E-state index is 0.0238. The minimum atomic E-state index is -2.17. The second-order valence-electron chi connectivity index (χ2n) is 11.7. The molecule has 2 rings (SSSR count). The van der Waals surface area contributed by atoms with E-state index in [9.17, 15) is 4.79 Å². The van der Waals surface area contributed by atoms with Crippen LogP contribution in [0.3, 0.4) is 0 Å². The van der Waals surface area contributed by atoms with Crippen molar-refractivity contribution in [2.75, 3.05) is 6.61 Å². The molecular formula is C28H42FNO4Si. The number of carbonyl (C=O) groups excluding carboxylic acids is 1. The summed E-state index contributed by atoms with van der Waals surface area (Å²) in [6.45, 7) is 18.4. The lowest BCUT2D eigenvalue weighted by Gasteiger charge is -2.42. The highest BCUT2D eigenvalue weighted by Crippen LogP contribution is 2.38. The Morgan fingerprint density at radius 1 is 0.943 bits per heavy atom.